The Kier molecular flexibility index (Phi) is 10.2. The summed E-state index contributed by atoms with van der Waals surface area (Å²) in [5.41, 5.74) is 18.7. The Morgan fingerprint density at radius 1 is 0.190 bits per heavy atom. The molecule has 0 spiro atoms. The Balaban J connectivity index is 1.06. The summed E-state index contributed by atoms with van der Waals surface area (Å²) in [5, 5.41) is 0. The molecule has 0 bridgehead atoms. The van der Waals surface area contributed by atoms with E-state index in [1.54, 1.807) is 0 Å². The second kappa shape index (κ2) is 16.4. The van der Waals surface area contributed by atoms with Crippen LogP contribution in [0.15, 0.2) is 231 Å². The molecule has 0 heterocycles. The van der Waals surface area contributed by atoms with E-state index in [0.29, 0.717) is 0 Å². The third-order valence-corrected chi connectivity index (χ3v) is 10.9. The van der Waals surface area contributed by atoms with Crippen molar-refractivity contribution >= 4 is 34.1 Å². The van der Waals surface area contributed by atoms with Crippen molar-refractivity contribution in [3.05, 3.63) is 242 Å². The first-order valence-electron chi connectivity index (χ1n) is 19.9. The normalized spacial score (nSPS) is 10.9. The molecule has 0 saturated heterocycles. The molecule has 0 saturated carbocycles. The van der Waals surface area contributed by atoms with Crippen molar-refractivity contribution in [3.8, 4) is 44.5 Å². The van der Waals surface area contributed by atoms with Crippen LogP contribution in [0.2, 0.25) is 0 Å². The molecule has 2 heteroatoms. The molecule has 0 aliphatic rings. The van der Waals surface area contributed by atoms with Gasteiger partial charge in [0.2, 0.25) is 0 Å². The molecule has 9 rings (SSSR count). The minimum absolute atomic E-state index is 1.08. The van der Waals surface area contributed by atoms with E-state index in [1.165, 1.54) is 55.6 Å². The molecule has 0 fully saturated rings. The van der Waals surface area contributed by atoms with Crippen LogP contribution in [0.3, 0.4) is 0 Å². The van der Waals surface area contributed by atoms with E-state index in [1.807, 2.05) is 0 Å². The van der Waals surface area contributed by atoms with Crippen molar-refractivity contribution < 1.29 is 0 Å². The highest BCUT2D eigenvalue weighted by Crippen LogP contribution is 2.40. The summed E-state index contributed by atoms with van der Waals surface area (Å²) < 4.78 is 0. The lowest BCUT2D eigenvalue weighted by atomic mass is 9.99. The average molecular weight is 745 g/mol. The highest BCUT2D eigenvalue weighted by molar-refractivity contribution is 5.83. The summed E-state index contributed by atoms with van der Waals surface area (Å²) >= 11 is 0. The molecule has 0 unspecified atom stereocenters. The van der Waals surface area contributed by atoms with Crippen LogP contribution in [-0.4, -0.2) is 0 Å². The molecule has 0 amide bonds. The van der Waals surface area contributed by atoms with Crippen LogP contribution in [0, 0.1) is 13.8 Å². The third kappa shape index (κ3) is 7.82. The lowest BCUT2D eigenvalue weighted by Gasteiger charge is -2.28. The predicted octanol–water partition coefficient (Wildman–Crippen LogP) is 15.9. The minimum Gasteiger partial charge on any atom is -0.311 e. The summed E-state index contributed by atoms with van der Waals surface area (Å²) in [7, 11) is 0. The summed E-state index contributed by atoms with van der Waals surface area (Å²) in [6.45, 7) is 4.26. The Bertz CT molecular complexity index is 2530. The number of aryl methyl sites for hydroxylation is 2. The molecule has 0 atom stereocenters. The first kappa shape index (κ1) is 36.2. The van der Waals surface area contributed by atoms with Crippen LogP contribution in [0.4, 0.5) is 34.1 Å². The Morgan fingerprint density at radius 3 is 0.603 bits per heavy atom. The quantitative estimate of drug-likeness (QED) is 0.138. The molecule has 278 valence electrons. The van der Waals surface area contributed by atoms with E-state index in [0.717, 1.165) is 34.1 Å². The second-order valence-electron chi connectivity index (χ2n) is 14.8. The number of hydrogen-bond acceptors (Lipinski definition) is 2. The molecule has 0 radical (unpaired) electrons. The van der Waals surface area contributed by atoms with Gasteiger partial charge >= 0.3 is 0 Å². The fourth-order valence-electron chi connectivity index (χ4n) is 7.61. The van der Waals surface area contributed by atoms with Gasteiger partial charge in [0.15, 0.2) is 0 Å². The smallest absolute Gasteiger partial charge is 0.0463 e. The van der Waals surface area contributed by atoms with Gasteiger partial charge < -0.3 is 9.80 Å². The number of rotatable bonds is 10. The topological polar surface area (TPSA) is 6.48 Å². The molecule has 58 heavy (non-hydrogen) atoms. The van der Waals surface area contributed by atoms with Gasteiger partial charge in [0.05, 0.1) is 0 Å². The zero-order valence-electron chi connectivity index (χ0n) is 32.8. The standard InChI is InChI=1S/C56H44N2/c1-41-13-29-51(30-14-41)57(52-31-15-42(2)16-32-52)55-37-39-56(40-38-55)58(53-33-25-49(26-34-53)47-21-17-45(18-22-47)43-9-5-3-6-10-43)54-35-27-50(28-36-54)48-23-19-46(20-24-48)44-11-7-4-8-12-44/h3-40H,1-2H3. The monoisotopic (exact) mass is 744 g/mol. The summed E-state index contributed by atoms with van der Waals surface area (Å²) in [6, 6.07) is 83.0. The lowest BCUT2D eigenvalue weighted by Crippen LogP contribution is -2.12. The molecule has 0 N–H and O–H groups in total. The maximum atomic E-state index is 2.34. The average Bonchev–Trinajstić information content (AvgIpc) is 3.29. The summed E-state index contributed by atoms with van der Waals surface area (Å²) in [4.78, 5) is 4.67. The highest BCUT2D eigenvalue weighted by atomic mass is 15.2. The van der Waals surface area contributed by atoms with Crippen molar-refractivity contribution in [2.24, 2.45) is 0 Å². The van der Waals surface area contributed by atoms with E-state index < -0.39 is 0 Å². The van der Waals surface area contributed by atoms with Crippen molar-refractivity contribution in [3.63, 3.8) is 0 Å². The van der Waals surface area contributed by atoms with Crippen molar-refractivity contribution in [2.45, 2.75) is 13.8 Å². The van der Waals surface area contributed by atoms with E-state index in [9.17, 15) is 0 Å². The minimum atomic E-state index is 1.08. The summed E-state index contributed by atoms with van der Waals surface area (Å²) in [6.07, 6.45) is 0. The molecule has 0 aliphatic heterocycles. The van der Waals surface area contributed by atoms with Crippen molar-refractivity contribution in [2.75, 3.05) is 9.80 Å². The Morgan fingerprint density at radius 2 is 0.362 bits per heavy atom. The molecular formula is C56H44N2. The second-order valence-corrected chi connectivity index (χ2v) is 14.8. The zero-order valence-corrected chi connectivity index (χ0v) is 32.8. The SMILES string of the molecule is Cc1ccc(N(c2ccc(C)cc2)c2ccc(N(c3ccc(-c4ccc(-c5ccccc5)cc4)cc3)c3ccc(-c4ccc(-c5ccccc5)cc4)cc3)cc2)cc1. The van der Waals surface area contributed by atoms with Gasteiger partial charge in [-0.15, -0.1) is 0 Å². The predicted molar refractivity (Wildman–Crippen MR) is 247 cm³/mol. The third-order valence-electron chi connectivity index (χ3n) is 10.9. The maximum Gasteiger partial charge on any atom is 0.0463 e. The van der Waals surface area contributed by atoms with Crippen LogP contribution in [-0.2, 0) is 0 Å². The van der Waals surface area contributed by atoms with Crippen molar-refractivity contribution in [1.82, 2.24) is 0 Å². The Labute approximate surface area is 342 Å². The number of anilines is 6. The largest absolute Gasteiger partial charge is 0.311 e. The van der Waals surface area contributed by atoms with Crippen LogP contribution >= 0.6 is 0 Å². The van der Waals surface area contributed by atoms with Gasteiger partial charge in [-0.2, -0.15) is 0 Å². The van der Waals surface area contributed by atoms with Crippen LogP contribution < -0.4 is 9.80 Å². The van der Waals surface area contributed by atoms with Crippen molar-refractivity contribution in [1.29, 1.82) is 0 Å². The van der Waals surface area contributed by atoms with Crippen LogP contribution in [0.1, 0.15) is 11.1 Å². The summed E-state index contributed by atoms with van der Waals surface area (Å²) in [5.74, 6) is 0. The van der Waals surface area contributed by atoms with E-state index in [-0.39, 0.29) is 0 Å². The van der Waals surface area contributed by atoms with Gasteiger partial charge in [0.1, 0.15) is 0 Å². The van der Waals surface area contributed by atoms with Gasteiger partial charge in [-0.25, -0.2) is 0 Å². The maximum absolute atomic E-state index is 2.34. The highest BCUT2D eigenvalue weighted by Gasteiger charge is 2.17. The zero-order chi connectivity index (χ0) is 39.3. The van der Waals surface area contributed by atoms with E-state index in [2.05, 4.69) is 254 Å². The van der Waals surface area contributed by atoms with Gasteiger partial charge in [-0.3, -0.25) is 0 Å². The van der Waals surface area contributed by atoms with Gasteiger partial charge in [-0.05, 0) is 131 Å². The first-order valence-corrected chi connectivity index (χ1v) is 19.9. The lowest BCUT2D eigenvalue weighted by molar-refractivity contribution is 1.25. The first-order chi connectivity index (χ1) is 28.6. The van der Waals surface area contributed by atoms with Crippen LogP contribution in [0.25, 0.3) is 44.5 Å². The molecule has 9 aromatic rings. The molecule has 9 aromatic carbocycles. The Hall–Kier alpha value is -7.42. The van der Waals surface area contributed by atoms with E-state index in [4.69, 9.17) is 0 Å². The fourth-order valence-corrected chi connectivity index (χ4v) is 7.61. The molecule has 0 aromatic heterocycles. The number of nitrogens with zero attached hydrogens (tertiary/aromatic N) is 2. The molecule has 0 aliphatic carbocycles. The van der Waals surface area contributed by atoms with Gasteiger partial charge in [0, 0.05) is 34.1 Å². The fraction of sp³-hybridized carbons (Fsp3) is 0.0357. The van der Waals surface area contributed by atoms with Gasteiger partial charge in [0.25, 0.3) is 0 Å². The van der Waals surface area contributed by atoms with E-state index >= 15 is 0 Å². The molecular weight excluding hydrogens is 701 g/mol. The number of benzene rings is 9. The van der Waals surface area contributed by atoms with Gasteiger partial charge in [-0.1, -0.05) is 169 Å². The molecule has 2 nitrogen and oxygen atoms in total. The van der Waals surface area contributed by atoms with Crippen LogP contribution in [0.5, 0.6) is 0 Å². The number of hydrogen-bond donors (Lipinski definition) is 0.